The average molecular weight is 595 g/mol. The second-order valence-electron chi connectivity index (χ2n) is 12.6. The topological polar surface area (TPSA) is 141 Å². The number of carboxylic acids is 1. The number of nitrogens with one attached hydrogen (secondary N) is 1. The van der Waals surface area contributed by atoms with Gasteiger partial charge in [0.25, 0.3) is 0 Å². The van der Waals surface area contributed by atoms with Crippen molar-refractivity contribution in [3.05, 3.63) is 65.7 Å². The van der Waals surface area contributed by atoms with Crippen LogP contribution in [-0.4, -0.2) is 64.1 Å². The van der Waals surface area contributed by atoms with Crippen molar-refractivity contribution in [3.8, 4) is 5.75 Å². The quantitative estimate of drug-likeness (QED) is 0.243. The second-order valence-corrected chi connectivity index (χ2v) is 12.6. The Labute approximate surface area is 254 Å². The number of Topliss-reactive ketones (excluding diaryl/α,β-unsaturated/α-hetero) is 2. The largest absolute Gasteiger partial charge is 0.508 e. The summed E-state index contributed by atoms with van der Waals surface area (Å²) in [5.74, 6) is -3.77. The average Bonchev–Trinajstić information content (AvgIpc) is 2.94. The number of amides is 2. The minimum atomic E-state index is -1.10. The molecule has 0 saturated carbocycles. The third-order valence-electron chi connectivity index (χ3n) is 7.36. The number of phenolic OH excluding ortho intramolecular Hbond substituents is 1. The Kier molecular flexibility index (Phi) is 13.6. The van der Waals surface area contributed by atoms with Crippen LogP contribution in [0.1, 0.15) is 70.9 Å². The predicted molar refractivity (Wildman–Crippen MR) is 164 cm³/mol. The number of benzene rings is 2. The molecule has 0 aliphatic rings. The van der Waals surface area contributed by atoms with Crippen molar-refractivity contribution < 1.29 is 34.2 Å². The monoisotopic (exact) mass is 594 g/mol. The number of ketones is 2. The number of aromatic hydroxyl groups is 1. The molecule has 0 fully saturated rings. The fourth-order valence-electron chi connectivity index (χ4n) is 4.73. The highest BCUT2D eigenvalue weighted by atomic mass is 16.4. The minimum Gasteiger partial charge on any atom is -0.508 e. The summed E-state index contributed by atoms with van der Waals surface area (Å²) in [4.78, 5) is 65.5. The van der Waals surface area contributed by atoms with Gasteiger partial charge in [-0.2, -0.15) is 0 Å². The molecule has 3 N–H and O–H groups in total. The van der Waals surface area contributed by atoms with E-state index in [2.05, 4.69) is 5.32 Å². The van der Waals surface area contributed by atoms with E-state index in [0.29, 0.717) is 24.8 Å². The van der Waals surface area contributed by atoms with Crippen LogP contribution in [0.15, 0.2) is 54.6 Å². The maximum atomic E-state index is 13.7. The van der Waals surface area contributed by atoms with Gasteiger partial charge < -0.3 is 20.4 Å². The van der Waals surface area contributed by atoms with Crippen molar-refractivity contribution in [1.82, 2.24) is 10.2 Å². The van der Waals surface area contributed by atoms with E-state index >= 15 is 0 Å². The van der Waals surface area contributed by atoms with Gasteiger partial charge in [0.1, 0.15) is 5.75 Å². The fraction of sp³-hybridized carbons (Fsp3) is 0.500. The first kappa shape index (κ1) is 35.2. The molecule has 2 amide bonds. The SMILES string of the molecule is C[C@H](Cc1ccccc1)C(=O)N[C@@H](Cc1ccc(O)cc1)C(=O)C[C@@H](CCC(=O)O)C(=O)N(C)CC(=O)CCC(C)(C)C. The first-order chi connectivity index (χ1) is 20.1. The normalized spacial score (nSPS) is 13.4. The highest BCUT2D eigenvalue weighted by molar-refractivity contribution is 5.94. The molecule has 0 bridgehead atoms. The molecule has 0 aromatic heterocycles. The molecule has 2 rings (SSSR count). The van der Waals surface area contributed by atoms with Crippen LogP contribution in [0.2, 0.25) is 0 Å². The molecule has 3 atom stereocenters. The lowest BCUT2D eigenvalue weighted by Crippen LogP contribution is -2.46. The zero-order chi connectivity index (χ0) is 32.2. The van der Waals surface area contributed by atoms with Crippen LogP contribution in [0.25, 0.3) is 0 Å². The Morgan fingerprint density at radius 2 is 1.49 bits per heavy atom. The van der Waals surface area contributed by atoms with E-state index in [1.807, 2.05) is 51.1 Å². The van der Waals surface area contributed by atoms with Crippen LogP contribution in [0.4, 0.5) is 0 Å². The lowest BCUT2D eigenvalue weighted by atomic mass is 9.89. The summed E-state index contributed by atoms with van der Waals surface area (Å²) in [5.41, 5.74) is 1.64. The van der Waals surface area contributed by atoms with Gasteiger partial charge in [-0.3, -0.25) is 24.0 Å². The van der Waals surface area contributed by atoms with E-state index in [4.69, 9.17) is 0 Å². The summed E-state index contributed by atoms with van der Waals surface area (Å²) in [6, 6.07) is 14.8. The van der Waals surface area contributed by atoms with Crippen LogP contribution in [0, 0.1) is 17.3 Å². The van der Waals surface area contributed by atoms with Gasteiger partial charge in [0, 0.05) is 38.1 Å². The van der Waals surface area contributed by atoms with Gasteiger partial charge in [0.05, 0.1) is 12.6 Å². The molecular formula is C34H46N2O7. The van der Waals surface area contributed by atoms with Crippen LogP contribution < -0.4 is 5.32 Å². The van der Waals surface area contributed by atoms with E-state index in [1.165, 1.54) is 24.1 Å². The van der Waals surface area contributed by atoms with Gasteiger partial charge in [-0.05, 0) is 54.4 Å². The maximum absolute atomic E-state index is 13.7. The number of likely N-dealkylation sites (N-methyl/N-ethyl adjacent to an activating group) is 1. The smallest absolute Gasteiger partial charge is 0.303 e. The van der Waals surface area contributed by atoms with E-state index in [9.17, 15) is 34.2 Å². The molecule has 0 heterocycles. The number of carbonyl (C=O) groups is 5. The molecule has 0 saturated heterocycles. The van der Waals surface area contributed by atoms with Gasteiger partial charge in [-0.25, -0.2) is 0 Å². The van der Waals surface area contributed by atoms with Gasteiger partial charge >= 0.3 is 5.97 Å². The van der Waals surface area contributed by atoms with Gasteiger partial charge in [0.2, 0.25) is 11.8 Å². The van der Waals surface area contributed by atoms with Crippen LogP contribution in [0.3, 0.4) is 0 Å². The second kappa shape index (κ2) is 16.6. The molecule has 0 aliphatic carbocycles. The van der Waals surface area contributed by atoms with E-state index in [0.717, 1.165) is 5.56 Å². The number of carboxylic acid groups (broad SMARTS) is 1. The number of phenols is 1. The van der Waals surface area contributed by atoms with Crippen LogP contribution in [-0.2, 0) is 36.8 Å². The number of carbonyl (C=O) groups excluding carboxylic acids is 4. The summed E-state index contributed by atoms with van der Waals surface area (Å²) < 4.78 is 0. The molecule has 0 aliphatic heterocycles. The van der Waals surface area contributed by atoms with Crippen molar-refractivity contribution in [1.29, 1.82) is 0 Å². The summed E-state index contributed by atoms with van der Waals surface area (Å²) in [7, 11) is 1.48. The molecule has 234 valence electrons. The van der Waals surface area contributed by atoms with Gasteiger partial charge in [0.15, 0.2) is 11.6 Å². The third kappa shape index (κ3) is 13.2. The molecule has 2 aromatic carbocycles. The molecule has 9 heteroatoms. The fourth-order valence-corrected chi connectivity index (χ4v) is 4.73. The van der Waals surface area contributed by atoms with Crippen molar-refractivity contribution in [3.63, 3.8) is 0 Å². The Hall–Kier alpha value is -4.01. The predicted octanol–water partition coefficient (Wildman–Crippen LogP) is 4.59. The highest BCUT2D eigenvalue weighted by Gasteiger charge is 2.31. The molecule has 9 nitrogen and oxygen atoms in total. The van der Waals surface area contributed by atoms with Crippen molar-refractivity contribution in [2.45, 2.75) is 78.7 Å². The Morgan fingerprint density at radius 3 is 2.07 bits per heavy atom. The number of hydrogen-bond donors (Lipinski definition) is 3. The number of rotatable bonds is 17. The highest BCUT2D eigenvalue weighted by Crippen LogP contribution is 2.22. The van der Waals surface area contributed by atoms with Gasteiger partial charge in [-0.1, -0.05) is 70.2 Å². The molecule has 0 radical (unpaired) electrons. The minimum absolute atomic E-state index is 0.0375. The summed E-state index contributed by atoms with van der Waals surface area (Å²) in [6.07, 6.45) is 0.883. The number of hydrogen-bond acceptors (Lipinski definition) is 6. The van der Waals surface area contributed by atoms with Gasteiger partial charge in [-0.15, -0.1) is 0 Å². The van der Waals surface area contributed by atoms with Crippen molar-refractivity contribution in [2.75, 3.05) is 13.6 Å². The maximum Gasteiger partial charge on any atom is 0.303 e. The summed E-state index contributed by atoms with van der Waals surface area (Å²) in [5, 5.41) is 21.8. The van der Waals surface area contributed by atoms with Crippen LogP contribution >= 0.6 is 0 Å². The van der Waals surface area contributed by atoms with Crippen molar-refractivity contribution in [2.24, 2.45) is 17.3 Å². The molecule has 2 aromatic rings. The molecule has 43 heavy (non-hydrogen) atoms. The lowest BCUT2D eigenvalue weighted by Gasteiger charge is -2.26. The number of aliphatic carboxylic acids is 1. The third-order valence-corrected chi connectivity index (χ3v) is 7.36. The van der Waals surface area contributed by atoms with E-state index in [-0.39, 0.29) is 55.1 Å². The Balaban J connectivity index is 2.21. The zero-order valence-corrected chi connectivity index (χ0v) is 26.0. The zero-order valence-electron chi connectivity index (χ0n) is 26.0. The Morgan fingerprint density at radius 1 is 0.884 bits per heavy atom. The Bertz CT molecular complexity index is 1240. The summed E-state index contributed by atoms with van der Waals surface area (Å²) >= 11 is 0. The van der Waals surface area contributed by atoms with E-state index < -0.39 is 35.5 Å². The first-order valence-electron chi connectivity index (χ1n) is 14.8. The summed E-state index contributed by atoms with van der Waals surface area (Å²) in [6.45, 7) is 7.72. The molecule has 0 unspecified atom stereocenters. The standard InChI is InChI=1S/C34H46N2O7/c1-23(19-24-9-7-6-8-10-24)32(42)35-29(20-25-11-14-27(37)15-12-25)30(39)21-26(13-16-31(40)41)33(43)36(5)22-28(38)17-18-34(2,3)4/h6-12,14-15,23,26,29,37H,13,16-22H2,1-5H3,(H,35,42)(H,40,41)/t23-,26-,29+/m1/s1. The van der Waals surface area contributed by atoms with E-state index in [1.54, 1.807) is 19.1 Å². The van der Waals surface area contributed by atoms with Crippen LogP contribution in [0.5, 0.6) is 5.75 Å². The first-order valence-corrected chi connectivity index (χ1v) is 14.8. The van der Waals surface area contributed by atoms with Crippen molar-refractivity contribution >= 4 is 29.4 Å². The molecular weight excluding hydrogens is 548 g/mol. The molecule has 0 spiro atoms. The number of nitrogens with zero attached hydrogens (tertiary/aromatic N) is 1. The lowest BCUT2D eigenvalue weighted by molar-refractivity contribution is -0.142.